The van der Waals surface area contributed by atoms with Crippen molar-refractivity contribution in [2.75, 3.05) is 13.2 Å². The Balaban J connectivity index is 1.50. The summed E-state index contributed by atoms with van der Waals surface area (Å²) >= 11 is 0. The molecule has 1 amide bonds. The summed E-state index contributed by atoms with van der Waals surface area (Å²) < 4.78 is 10.9. The largest absolute Gasteiger partial charge is 0.421 e. The molecular weight excluding hydrogens is 272 g/mol. The van der Waals surface area contributed by atoms with Crippen LogP contribution >= 0.6 is 0 Å². The van der Waals surface area contributed by atoms with Crippen LogP contribution in [0.4, 0.5) is 0 Å². The molecule has 2 aromatic heterocycles. The Morgan fingerprint density at radius 2 is 2.19 bits per heavy atom. The van der Waals surface area contributed by atoms with E-state index in [9.17, 15) is 4.79 Å². The van der Waals surface area contributed by atoms with Gasteiger partial charge in [0.05, 0.1) is 0 Å². The molecule has 1 N–H and O–H groups in total. The minimum absolute atomic E-state index is 0.0682. The summed E-state index contributed by atoms with van der Waals surface area (Å²) in [5.74, 6) is 0.883. The Morgan fingerprint density at radius 1 is 1.33 bits per heavy atom. The van der Waals surface area contributed by atoms with Crippen LogP contribution in [0.3, 0.4) is 0 Å². The summed E-state index contributed by atoms with van der Waals surface area (Å²) in [5, 5.41) is 10.8. The van der Waals surface area contributed by atoms with Gasteiger partial charge in [0, 0.05) is 37.5 Å². The Labute approximate surface area is 121 Å². The maximum atomic E-state index is 11.8. The zero-order chi connectivity index (χ0) is 14.5. The third-order valence-corrected chi connectivity index (χ3v) is 3.25. The Kier molecular flexibility index (Phi) is 4.20. The highest BCUT2D eigenvalue weighted by Gasteiger charge is 2.23. The van der Waals surface area contributed by atoms with E-state index in [2.05, 4.69) is 20.5 Å². The number of rotatable bonds is 5. The molecule has 1 aliphatic heterocycles. The lowest BCUT2D eigenvalue weighted by Crippen LogP contribution is -2.35. The Bertz CT molecular complexity index is 593. The molecule has 0 spiro atoms. The Hall–Kier alpha value is -2.28. The topological polar surface area (TPSA) is 90.1 Å². The van der Waals surface area contributed by atoms with Gasteiger partial charge in [-0.15, -0.1) is 10.2 Å². The number of hydrogen-bond acceptors (Lipinski definition) is 6. The minimum Gasteiger partial charge on any atom is -0.421 e. The average molecular weight is 288 g/mol. The number of nitrogens with one attached hydrogen (secondary N) is 1. The van der Waals surface area contributed by atoms with Gasteiger partial charge in [0.1, 0.15) is 6.10 Å². The summed E-state index contributed by atoms with van der Waals surface area (Å²) in [6, 6.07) is 3.60. The van der Waals surface area contributed by atoms with Gasteiger partial charge in [0.15, 0.2) is 0 Å². The molecular formula is C14H16N4O3. The zero-order valence-corrected chi connectivity index (χ0v) is 11.5. The van der Waals surface area contributed by atoms with Gasteiger partial charge in [0.25, 0.3) is 0 Å². The van der Waals surface area contributed by atoms with E-state index in [1.165, 1.54) is 0 Å². The molecule has 110 valence electrons. The number of carbonyl (C=O) groups excluding carboxylic acids is 1. The lowest BCUT2D eigenvalue weighted by Gasteiger charge is -2.08. The molecule has 7 heteroatoms. The predicted octanol–water partition coefficient (Wildman–Crippen LogP) is 0.969. The van der Waals surface area contributed by atoms with Crippen LogP contribution in [-0.2, 0) is 16.0 Å². The highest BCUT2D eigenvalue weighted by molar-refractivity contribution is 5.80. The van der Waals surface area contributed by atoms with Crippen molar-refractivity contribution in [2.24, 2.45) is 0 Å². The van der Waals surface area contributed by atoms with Crippen molar-refractivity contribution < 1.29 is 13.9 Å². The summed E-state index contributed by atoms with van der Waals surface area (Å²) in [6.07, 6.45) is 5.26. The summed E-state index contributed by atoms with van der Waals surface area (Å²) in [4.78, 5) is 15.7. The minimum atomic E-state index is -0.305. The predicted molar refractivity (Wildman–Crippen MR) is 73.2 cm³/mol. The fraction of sp³-hybridized carbons (Fsp3) is 0.429. The average Bonchev–Trinajstić information content (AvgIpc) is 3.20. The van der Waals surface area contributed by atoms with Crippen LogP contribution in [0.5, 0.6) is 0 Å². The number of nitrogens with zero attached hydrogens (tertiary/aromatic N) is 3. The Morgan fingerprint density at radius 3 is 2.95 bits per heavy atom. The van der Waals surface area contributed by atoms with Gasteiger partial charge < -0.3 is 14.5 Å². The van der Waals surface area contributed by atoms with Crippen molar-refractivity contribution in [3.05, 3.63) is 30.4 Å². The molecule has 1 atom stereocenters. The lowest BCUT2D eigenvalue weighted by molar-refractivity contribution is -0.130. The van der Waals surface area contributed by atoms with E-state index in [4.69, 9.17) is 9.15 Å². The second-order valence-corrected chi connectivity index (χ2v) is 4.78. The number of pyridine rings is 1. The molecule has 3 heterocycles. The van der Waals surface area contributed by atoms with Gasteiger partial charge in [-0.1, -0.05) is 0 Å². The first-order valence-electron chi connectivity index (χ1n) is 6.95. The molecule has 0 aromatic carbocycles. The zero-order valence-electron chi connectivity index (χ0n) is 11.5. The molecule has 0 aliphatic carbocycles. The summed E-state index contributed by atoms with van der Waals surface area (Å²) in [5.41, 5.74) is 0.826. The first-order chi connectivity index (χ1) is 10.3. The number of amides is 1. The maximum absolute atomic E-state index is 11.8. The summed E-state index contributed by atoms with van der Waals surface area (Å²) in [6.45, 7) is 1.12. The van der Waals surface area contributed by atoms with E-state index in [0.717, 1.165) is 18.4 Å². The van der Waals surface area contributed by atoms with Crippen molar-refractivity contribution in [3.8, 4) is 11.5 Å². The van der Waals surface area contributed by atoms with Crippen molar-refractivity contribution in [2.45, 2.75) is 25.4 Å². The van der Waals surface area contributed by atoms with E-state index in [0.29, 0.717) is 31.4 Å². The van der Waals surface area contributed by atoms with Gasteiger partial charge >= 0.3 is 0 Å². The van der Waals surface area contributed by atoms with Gasteiger partial charge in [-0.05, 0) is 25.0 Å². The molecule has 0 radical (unpaired) electrons. The van der Waals surface area contributed by atoms with Crippen LogP contribution in [0.2, 0.25) is 0 Å². The van der Waals surface area contributed by atoms with Crippen molar-refractivity contribution in [1.29, 1.82) is 0 Å². The third kappa shape index (κ3) is 3.43. The van der Waals surface area contributed by atoms with E-state index < -0.39 is 0 Å². The third-order valence-electron chi connectivity index (χ3n) is 3.25. The molecule has 0 bridgehead atoms. The van der Waals surface area contributed by atoms with E-state index >= 15 is 0 Å². The second-order valence-electron chi connectivity index (χ2n) is 4.78. The smallest absolute Gasteiger partial charge is 0.249 e. The fourth-order valence-corrected chi connectivity index (χ4v) is 2.16. The van der Waals surface area contributed by atoms with Crippen LogP contribution in [0, 0.1) is 0 Å². The highest BCUT2D eigenvalue weighted by Crippen LogP contribution is 2.16. The first kappa shape index (κ1) is 13.7. The van der Waals surface area contributed by atoms with Crippen LogP contribution < -0.4 is 5.32 Å². The van der Waals surface area contributed by atoms with E-state index in [1.807, 2.05) is 0 Å². The molecule has 21 heavy (non-hydrogen) atoms. The normalized spacial score (nSPS) is 17.8. The number of hydrogen-bond donors (Lipinski definition) is 1. The van der Waals surface area contributed by atoms with Gasteiger partial charge in [-0.25, -0.2) is 0 Å². The second kappa shape index (κ2) is 6.45. The van der Waals surface area contributed by atoms with E-state index in [1.54, 1.807) is 24.5 Å². The van der Waals surface area contributed by atoms with Crippen molar-refractivity contribution in [3.63, 3.8) is 0 Å². The van der Waals surface area contributed by atoms with Crippen LogP contribution in [0.25, 0.3) is 11.5 Å². The highest BCUT2D eigenvalue weighted by atomic mass is 16.5. The maximum Gasteiger partial charge on any atom is 0.249 e. The molecule has 1 saturated heterocycles. The molecule has 7 nitrogen and oxygen atoms in total. The lowest BCUT2D eigenvalue weighted by atomic mass is 10.2. The van der Waals surface area contributed by atoms with Crippen LogP contribution in [0.1, 0.15) is 18.7 Å². The number of aromatic nitrogens is 3. The van der Waals surface area contributed by atoms with Crippen molar-refractivity contribution in [1.82, 2.24) is 20.5 Å². The van der Waals surface area contributed by atoms with Gasteiger partial charge in [-0.3, -0.25) is 9.78 Å². The molecule has 1 unspecified atom stereocenters. The monoisotopic (exact) mass is 288 g/mol. The van der Waals surface area contributed by atoms with Crippen LogP contribution in [0.15, 0.2) is 28.9 Å². The molecule has 1 fully saturated rings. The fourth-order valence-electron chi connectivity index (χ4n) is 2.16. The first-order valence-corrected chi connectivity index (χ1v) is 6.95. The quantitative estimate of drug-likeness (QED) is 0.881. The standard InChI is InChI=1S/C14H16N4O3/c19-13(11-2-1-9-20-11)16-8-5-12-17-18-14(21-12)10-3-6-15-7-4-10/h3-4,6-7,11H,1-2,5,8-9H2,(H,16,19). The molecule has 3 rings (SSSR count). The van der Waals surface area contributed by atoms with Gasteiger partial charge in [0.2, 0.25) is 17.7 Å². The van der Waals surface area contributed by atoms with Gasteiger partial charge in [-0.2, -0.15) is 0 Å². The van der Waals surface area contributed by atoms with Crippen molar-refractivity contribution >= 4 is 5.91 Å². The number of carbonyl (C=O) groups is 1. The molecule has 2 aromatic rings. The number of ether oxygens (including phenoxy) is 1. The molecule has 0 saturated carbocycles. The SMILES string of the molecule is O=C(NCCc1nnc(-c2ccncc2)o1)C1CCCO1. The molecule has 1 aliphatic rings. The van der Waals surface area contributed by atoms with E-state index in [-0.39, 0.29) is 12.0 Å². The summed E-state index contributed by atoms with van der Waals surface area (Å²) in [7, 11) is 0. The van der Waals surface area contributed by atoms with Crippen LogP contribution in [-0.4, -0.2) is 40.3 Å².